The van der Waals surface area contributed by atoms with Crippen molar-refractivity contribution in [3.63, 3.8) is 0 Å². The Morgan fingerprint density at radius 3 is 0.510 bits per heavy atom. The van der Waals surface area contributed by atoms with E-state index in [1.165, 1.54) is 289 Å². The predicted molar refractivity (Wildman–Crippen MR) is 242 cm³/mol. The molecule has 0 fully saturated rings. The lowest BCUT2D eigenvalue weighted by Gasteiger charge is -2.32. The van der Waals surface area contributed by atoms with Crippen LogP contribution in [0.5, 0.6) is 0 Å². The molecule has 2 heteroatoms. The first-order valence-corrected chi connectivity index (χ1v) is 26.6. The van der Waals surface area contributed by atoms with Crippen molar-refractivity contribution in [3.05, 3.63) is 0 Å². The van der Waals surface area contributed by atoms with Crippen molar-refractivity contribution in [2.45, 2.75) is 315 Å². The van der Waals surface area contributed by atoms with E-state index in [-0.39, 0.29) is 0 Å². The Bertz CT molecular complexity index is 526. The third-order valence-electron chi connectivity index (χ3n) is 12.2. The molecule has 0 saturated heterocycles. The Kier molecular flexibility index (Phi) is 45.7. The third-order valence-corrected chi connectivity index (χ3v) is 14.6. The summed E-state index contributed by atoms with van der Waals surface area (Å²) in [5.74, 6) is 0. The van der Waals surface area contributed by atoms with Gasteiger partial charge in [-0.3, -0.25) is 0 Å². The number of halogens is 1. The lowest BCUT2D eigenvalue weighted by atomic mass is 9.88. The van der Waals surface area contributed by atoms with Crippen molar-refractivity contribution in [2.75, 3.05) is 0 Å². The molecule has 0 heterocycles. The molecule has 0 aliphatic rings. The minimum atomic E-state index is 0.451. The molecule has 0 aromatic heterocycles. The van der Waals surface area contributed by atoms with E-state index in [0.717, 1.165) is 0 Å². The van der Waals surface area contributed by atoms with Crippen molar-refractivity contribution in [3.8, 4) is 0 Å². The summed E-state index contributed by atoms with van der Waals surface area (Å²) in [4.78, 5) is 0. The summed E-state index contributed by atoms with van der Waals surface area (Å²) in [6.45, 7) is 6.95. The molecular weight excluding hydrogens is 655 g/mol. The fourth-order valence-electron chi connectivity index (χ4n) is 8.49. The van der Waals surface area contributed by atoms with Crippen molar-refractivity contribution in [1.82, 2.24) is 0 Å². The van der Waals surface area contributed by atoms with Crippen LogP contribution in [0.1, 0.15) is 310 Å². The van der Waals surface area contributed by atoms with Crippen molar-refractivity contribution < 1.29 is 0 Å². The molecule has 0 aromatic rings. The van der Waals surface area contributed by atoms with Gasteiger partial charge in [0.2, 0.25) is 0 Å². The molecule has 0 bridgehead atoms. The minimum Gasteiger partial charge on any atom is -0.0995 e. The zero-order chi connectivity index (χ0) is 37.0. The molecule has 0 rings (SSSR count). The second kappa shape index (κ2) is 45.1. The zero-order valence-corrected chi connectivity index (χ0v) is 38.0. The molecule has 1 unspecified atom stereocenters. The quantitative estimate of drug-likeness (QED) is 0.0429. The summed E-state index contributed by atoms with van der Waals surface area (Å²) < 4.78 is 0. The molecule has 0 saturated carbocycles. The molecular formula is C49H100ClP. The Morgan fingerprint density at radius 1 is 0.235 bits per heavy atom. The molecule has 308 valence electrons. The first kappa shape index (κ1) is 51.7. The van der Waals surface area contributed by atoms with Gasteiger partial charge in [0, 0.05) is 5.16 Å². The number of hydrogen-bond acceptors (Lipinski definition) is 0. The molecule has 0 nitrogen and oxygen atoms in total. The number of unbranched alkanes of at least 4 members (excludes halogenated alkanes) is 39. The fourth-order valence-corrected chi connectivity index (χ4v) is 10.2. The molecule has 51 heavy (non-hydrogen) atoms. The molecule has 0 aliphatic carbocycles. The van der Waals surface area contributed by atoms with Crippen LogP contribution in [0.3, 0.4) is 0 Å². The van der Waals surface area contributed by atoms with Crippen LogP contribution in [0.25, 0.3) is 0 Å². The molecule has 1 atom stereocenters. The van der Waals surface area contributed by atoms with Gasteiger partial charge in [-0.25, -0.2) is 0 Å². The first-order valence-electron chi connectivity index (χ1n) is 24.6. The highest BCUT2D eigenvalue weighted by atomic mass is 35.7. The average Bonchev–Trinajstić information content (AvgIpc) is 3.14. The summed E-state index contributed by atoms with van der Waals surface area (Å²) in [7, 11) is 0.625. The highest BCUT2D eigenvalue weighted by Gasteiger charge is 2.28. The monoisotopic (exact) mass is 755 g/mol. The van der Waals surface area contributed by atoms with E-state index in [4.69, 9.17) is 11.2 Å². The summed E-state index contributed by atoms with van der Waals surface area (Å²) in [5, 5.41) is 0.451. The van der Waals surface area contributed by atoms with Gasteiger partial charge in [-0.05, 0) is 27.2 Å². The average molecular weight is 756 g/mol. The van der Waals surface area contributed by atoms with Gasteiger partial charge in [0.15, 0.2) is 0 Å². The second-order valence-electron chi connectivity index (χ2n) is 17.4. The van der Waals surface area contributed by atoms with Crippen LogP contribution in [-0.2, 0) is 0 Å². The SMILES string of the molecule is CCCCCCCCCCCCCCCCC(CCCCCCCCCCCCCCCC)(CCCCCCCCCCCCCCCC)PCl. The van der Waals surface area contributed by atoms with Gasteiger partial charge in [0.25, 0.3) is 0 Å². The predicted octanol–water partition coefficient (Wildman–Crippen LogP) is 20.2. The summed E-state index contributed by atoms with van der Waals surface area (Å²) >= 11 is 6.93. The van der Waals surface area contributed by atoms with E-state index in [1.807, 2.05) is 0 Å². The smallest absolute Gasteiger partial charge is 0.00165 e. The van der Waals surface area contributed by atoms with Crippen LogP contribution in [0, 0.1) is 0 Å². The Balaban J connectivity index is 4.20. The van der Waals surface area contributed by atoms with E-state index in [0.29, 0.717) is 13.1 Å². The number of rotatable bonds is 46. The maximum absolute atomic E-state index is 6.93. The molecule has 0 N–H and O–H groups in total. The summed E-state index contributed by atoms with van der Waals surface area (Å²) in [5.41, 5.74) is 0. The van der Waals surface area contributed by atoms with Crippen LogP contribution >= 0.6 is 19.2 Å². The zero-order valence-electron chi connectivity index (χ0n) is 36.2. The fraction of sp³-hybridized carbons (Fsp3) is 1.00. The first-order chi connectivity index (χ1) is 25.2. The highest BCUT2D eigenvalue weighted by molar-refractivity contribution is 7.69. The maximum atomic E-state index is 6.93. The lowest BCUT2D eigenvalue weighted by Crippen LogP contribution is -2.22. The molecule has 0 aromatic carbocycles. The number of hydrogen-bond donors (Lipinski definition) is 0. The van der Waals surface area contributed by atoms with Gasteiger partial charge in [-0.15, -0.1) is 0 Å². The Hall–Kier alpha value is 0.720. The van der Waals surface area contributed by atoms with Crippen LogP contribution < -0.4 is 0 Å². The van der Waals surface area contributed by atoms with Gasteiger partial charge in [-0.2, -0.15) is 0 Å². The van der Waals surface area contributed by atoms with Gasteiger partial charge < -0.3 is 0 Å². The highest BCUT2D eigenvalue weighted by Crippen LogP contribution is 2.48. The molecule has 0 amide bonds. The maximum Gasteiger partial charge on any atom is 0.00165 e. The van der Waals surface area contributed by atoms with E-state index in [9.17, 15) is 0 Å². The molecule has 0 aliphatic heterocycles. The topological polar surface area (TPSA) is 0 Å². The Labute approximate surface area is 332 Å². The summed E-state index contributed by atoms with van der Waals surface area (Å²) in [6.07, 6.45) is 65.3. The minimum absolute atomic E-state index is 0.451. The summed E-state index contributed by atoms with van der Waals surface area (Å²) in [6, 6.07) is 0. The van der Waals surface area contributed by atoms with Crippen LogP contribution in [0.4, 0.5) is 0 Å². The van der Waals surface area contributed by atoms with Crippen molar-refractivity contribution in [2.24, 2.45) is 0 Å². The van der Waals surface area contributed by atoms with E-state index in [1.54, 1.807) is 0 Å². The standard InChI is InChI=1S/C49H100ClP/c1-4-7-10-13-16-19-22-25-28-31-34-37-40-43-46-49(51-50,47-44-41-38-35-32-29-26-23-20-17-14-11-8-5-2)48-45-42-39-36-33-30-27-24-21-18-15-12-9-6-3/h51H,4-48H2,1-3H3. The van der Waals surface area contributed by atoms with Gasteiger partial charge in [-0.1, -0.05) is 302 Å². The van der Waals surface area contributed by atoms with Crippen LogP contribution in [0.15, 0.2) is 0 Å². The van der Waals surface area contributed by atoms with Gasteiger partial charge in [0.1, 0.15) is 0 Å². The second-order valence-corrected chi connectivity index (χ2v) is 19.2. The van der Waals surface area contributed by atoms with Crippen molar-refractivity contribution in [1.29, 1.82) is 0 Å². The molecule has 0 spiro atoms. The van der Waals surface area contributed by atoms with Crippen LogP contribution in [-0.4, -0.2) is 5.16 Å². The van der Waals surface area contributed by atoms with E-state index >= 15 is 0 Å². The van der Waals surface area contributed by atoms with E-state index in [2.05, 4.69) is 20.8 Å². The van der Waals surface area contributed by atoms with Gasteiger partial charge in [0.05, 0.1) is 0 Å². The third kappa shape index (κ3) is 40.2. The van der Waals surface area contributed by atoms with Gasteiger partial charge >= 0.3 is 0 Å². The van der Waals surface area contributed by atoms with E-state index < -0.39 is 0 Å². The normalized spacial score (nSPS) is 12.2. The largest absolute Gasteiger partial charge is 0.0995 e. The lowest BCUT2D eigenvalue weighted by molar-refractivity contribution is 0.400. The molecule has 0 radical (unpaired) electrons. The Morgan fingerprint density at radius 2 is 0.373 bits per heavy atom. The van der Waals surface area contributed by atoms with Crippen LogP contribution in [0.2, 0.25) is 0 Å². The van der Waals surface area contributed by atoms with Crippen molar-refractivity contribution >= 4 is 19.2 Å².